The van der Waals surface area contributed by atoms with Crippen LogP contribution in [0.2, 0.25) is 0 Å². The highest BCUT2D eigenvalue weighted by Gasteiger charge is 2.50. The van der Waals surface area contributed by atoms with Crippen LogP contribution in [0.3, 0.4) is 0 Å². The lowest BCUT2D eigenvalue weighted by Gasteiger charge is -2.54. The predicted octanol–water partition coefficient (Wildman–Crippen LogP) is 3.38. The molecule has 114 valence electrons. The molecule has 3 atom stereocenters. The highest BCUT2D eigenvalue weighted by Crippen LogP contribution is 2.45. The molecule has 1 N–H and O–H groups in total. The maximum atomic E-state index is 6.01. The Bertz CT molecular complexity index is 235. The van der Waals surface area contributed by atoms with E-state index in [0.717, 1.165) is 39.2 Å². The van der Waals surface area contributed by atoms with Crippen LogP contribution >= 0.6 is 0 Å². The first-order valence-corrected chi connectivity index (χ1v) is 8.11. The molecule has 0 spiro atoms. The molecule has 0 aliphatic heterocycles. The Hall–Kier alpha value is -0.120. The molecule has 19 heavy (non-hydrogen) atoms. The normalized spacial score (nSPS) is 30.3. The van der Waals surface area contributed by atoms with Crippen molar-refractivity contribution < 1.29 is 9.47 Å². The van der Waals surface area contributed by atoms with Crippen molar-refractivity contribution in [1.29, 1.82) is 0 Å². The van der Waals surface area contributed by atoms with Gasteiger partial charge in [-0.05, 0) is 32.2 Å². The van der Waals surface area contributed by atoms with Crippen LogP contribution in [-0.2, 0) is 9.47 Å². The van der Waals surface area contributed by atoms with Crippen LogP contribution in [0.25, 0.3) is 0 Å². The molecular formula is C16H33NO2. The Morgan fingerprint density at radius 3 is 2.53 bits per heavy atom. The summed E-state index contributed by atoms with van der Waals surface area (Å²) in [4.78, 5) is 0. The number of unbranched alkanes of at least 4 members (excludes halogenated alkanes) is 1. The lowest BCUT2D eigenvalue weighted by atomic mass is 9.61. The van der Waals surface area contributed by atoms with E-state index in [-0.39, 0.29) is 0 Å². The van der Waals surface area contributed by atoms with Crippen LogP contribution in [0, 0.1) is 5.41 Å². The number of nitrogens with one attached hydrogen (secondary N) is 1. The van der Waals surface area contributed by atoms with Crippen LogP contribution in [0.1, 0.15) is 59.8 Å². The van der Waals surface area contributed by atoms with Gasteiger partial charge in [0.1, 0.15) is 0 Å². The molecule has 1 rings (SSSR count). The lowest BCUT2D eigenvalue weighted by Crippen LogP contribution is -2.62. The van der Waals surface area contributed by atoms with Crippen molar-refractivity contribution in [3.05, 3.63) is 0 Å². The standard InChI is InChI=1S/C16H33NO2/c1-5-8-10-18-11-12-19-15-13-14(17-9-6-2)16(15,4)7-3/h14-15,17H,5-13H2,1-4H3. The van der Waals surface area contributed by atoms with Crippen molar-refractivity contribution in [3.63, 3.8) is 0 Å². The Morgan fingerprint density at radius 2 is 1.89 bits per heavy atom. The van der Waals surface area contributed by atoms with Crippen molar-refractivity contribution in [1.82, 2.24) is 5.32 Å². The minimum Gasteiger partial charge on any atom is -0.379 e. The van der Waals surface area contributed by atoms with Crippen LogP contribution in [0.15, 0.2) is 0 Å². The summed E-state index contributed by atoms with van der Waals surface area (Å²) < 4.78 is 11.6. The third-order valence-corrected chi connectivity index (χ3v) is 4.57. The molecule has 0 aromatic heterocycles. The molecular weight excluding hydrogens is 238 g/mol. The molecule has 3 nitrogen and oxygen atoms in total. The number of hydrogen-bond acceptors (Lipinski definition) is 3. The highest BCUT2D eigenvalue weighted by atomic mass is 16.5. The largest absolute Gasteiger partial charge is 0.379 e. The summed E-state index contributed by atoms with van der Waals surface area (Å²) in [6.07, 6.45) is 6.28. The van der Waals surface area contributed by atoms with Gasteiger partial charge in [-0.3, -0.25) is 0 Å². The highest BCUT2D eigenvalue weighted by molar-refractivity contribution is 5.04. The zero-order chi connectivity index (χ0) is 14.1. The van der Waals surface area contributed by atoms with Crippen molar-refractivity contribution >= 4 is 0 Å². The summed E-state index contributed by atoms with van der Waals surface area (Å²) in [6.45, 7) is 12.5. The molecule has 3 unspecified atom stereocenters. The SMILES string of the molecule is CCCCOCCOC1CC(NCCC)C1(C)CC. The summed E-state index contributed by atoms with van der Waals surface area (Å²) >= 11 is 0. The Balaban J connectivity index is 2.17. The van der Waals surface area contributed by atoms with Gasteiger partial charge in [0.25, 0.3) is 0 Å². The van der Waals surface area contributed by atoms with Crippen molar-refractivity contribution in [3.8, 4) is 0 Å². The molecule has 1 aliphatic carbocycles. The Morgan fingerprint density at radius 1 is 1.11 bits per heavy atom. The van der Waals surface area contributed by atoms with Gasteiger partial charge in [-0.2, -0.15) is 0 Å². The molecule has 0 amide bonds. The van der Waals surface area contributed by atoms with Crippen LogP contribution in [0.5, 0.6) is 0 Å². The number of hydrogen-bond donors (Lipinski definition) is 1. The van der Waals surface area contributed by atoms with Gasteiger partial charge in [-0.25, -0.2) is 0 Å². The van der Waals surface area contributed by atoms with Crippen LogP contribution < -0.4 is 5.32 Å². The lowest BCUT2D eigenvalue weighted by molar-refractivity contribution is -0.137. The molecule has 0 radical (unpaired) electrons. The number of rotatable bonds is 11. The second-order valence-corrected chi connectivity index (χ2v) is 5.93. The van der Waals surface area contributed by atoms with Gasteiger partial charge in [0.15, 0.2) is 0 Å². The van der Waals surface area contributed by atoms with Gasteiger partial charge in [0.2, 0.25) is 0 Å². The van der Waals surface area contributed by atoms with Crippen LogP contribution in [0.4, 0.5) is 0 Å². The van der Waals surface area contributed by atoms with Crippen LogP contribution in [-0.4, -0.2) is 38.5 Å². The molecule has 0 aromatic rings. The molecule has 0 bridgehead atoms. The summed E-state index contributed by atoms with van der Waals surface area (Å²) in [5.41, 5.74) is 0.304. The van der Waals surface area contributed by atoms with E-state index in [4.69, 9.17) is 9.47 Å². The number of ether oxygens (including phenoxy) is 2. The van der Waals surface area contributed by atoms with E-state index in [9.17, 15) is 0 Å². The minimum atomic E-state index is 0.304. The van der Waals surface area contributed by atoms with E-state index in [1.54, 1.807) is 0 Å². The first kappa shape index (κ1) is 16.9. The zero-order valence-electron chi connectivity index (χ0n) is 13.3. The zero-order valence-corrected chi connectivity index (χ0v) is 13.3. The maximum Gasteiger partial charge on any atom is 0.0704 e. The summed E-state index contributed by atoms with van der Waals surface area (Å²) in [7, 11) is 0. The first-order valence-electron chi connectivity index (χ1n) is 8.11. The second-order valence-electron chi connectivity index (χ2n) is 5.93. The van der Waals surface area contributed by atoms with E-state index in [0.29, 0.717) is 17.6 Å². The molecule has 1 fully saturated rings. The molecule has 0 saturated heterocycles. The van der Waals surface area contributed by atoms with E-state index in [1.165, 1.54) is 19.3 Å². The predicted molar refractivity (Wildman–Crippen MR) is 80.6 cm³/mol. The third-order valence-electron chi connectivity index (χ3n) is 4.57. The van der Waals surface area contributed by atoms with Crippen molar-refractivity contribution in [2.24, 2.45) is 5.41 Å². The van der Waals surface area contributed by atoms with E-state index in [2.05, 4.69) is 33.0 Å². The quantitative estimate of drug-likeness (QED) is 0.584. The third kappa shape index (κ3) is 4.73. The van der Waals surface area contributed by atoms with Gasteiger partial charge in [-0.15, -0.1) is 0 Å². The van der Waals surface area contributed by atoms with Gasteiger partial charge >= 0.3 is 0 Å². The Labute approximate surface area is 119 Å². The van der Waals surface area contributed by atoms with Gasteiger partial charge < -0.3 is 14.8 Å². The topological polar surface area (TPSA) is 30.5 Å². The summed E-state index contributed by atoms with van der Waals surface area (Å²) in [5.74, 6) is 0. The minimum absolute atomic E-state index is 0.304. The summed E-state index contributed by atoms with van der Waals surface area (Å²) in [5, 5.41) is 3.65. The van der Waals surface area contributed by atoms with Gasteiger partial charge in [0, 0.05) is 18.1 Å². The first-order chi connectivity index (χ1) is 9.19. The fourth-order valence-electron chi connectivity index (χ4n) is 2.78. The fourth-order valence-corrected chi connectivity index (χ4v) is 2.78. The fraction of sp³-hybridized carbons (Fsp3) is 1.00. The van der Waals surface area contributed by atoms with E-state index >= 15 is 0 Å². The smallest absolute Gasteiger partial charge is 0.0704 e. The average molecular weight is 271 g/mol. The average Bonchev–Trinajstić information content (AvgIpc) is 2.43. The molecule has 0 aromatic carbocycles. The van der Waals surface area contributed by atoms with Gasteiger partial charge in [0.05, 0.1) is 19.3 Å². The summed E-state index contributed by atoms with van der Waals surface area (Å²) in [6, 6.07) is 0.628. The Kier molecular flexibility index (Phi) is 7.96. The van der Waals surface area contributed by atoms with Gasteiger partial charge in [-0.1, -0.05) is 34.1 Å². The molecule has 1 saturated carbocycles. The van der Waals surface area contributed by atoms with Crippen molar-refractivity contribution in [2.45, 2.75) is 71.9 Å². The second kappa shape index (κ2) is 8.93. The van der Waals surface area contributed by atoms with E-state index < -0.39 is 0 Å². The molecule has 1 aliphatic rings. The van der Waals surface area contributed by atoms with Crippen molar-refractivity contribution in [2.75, 3.05) is 26.4 Å². The monoisotopic (exact) mass is 271 g/mol. The molecule has 0 heterocycles. The maximum absolute atomic E-state index is 6.01. The molecule has 3 heteroatoms. The van der Waals surface area contributed by atoms with E-state index in [1.807, 2.05) is 0 Å².